The molecule has 0 fully saturated rings. The first-order chi connectivity index (χ1) is 12.3. The van der Waals surface area contributed by atoms with Gasteiger partial charge in [0.25, 0.3) is 0 Å². The fraction of sp³-hybridized carbons (Fsp3) is 0.286. The number of carboxylic acid groups (broad SMARTS) is 1. The first-order valence-electron chi connectivity index (χ1n) is 8.35. The van der Waals surface area contributed by atoms with Crippen LogP contribution in [0, 0.1) is 0 Å². The fourth-order valence-electron chi connectivity index (χ4n) is 2.83. The molecule has 0 aliphatic heterocycles. The molecule has 2 N–H and O–H groups in total. The van der Waals surface area contributed by atoms with Gasteiger partial charge in [0, 0.05) is 17.5 Å². The van der Waals surface area contributed by atoms with Gasteiger partial charge in [0.05, 0.1) is 19.2 Å². The molecule has 0 spiro atoms. The van der Waals surface area contributed by atoms with Gasteiger partial charge in [-0.15, -0.1) is 0 Å². The molecule has 2 aromatic carbocycles. The Kier molecular flexibility index (Phi) is 9.06. The van der Waals surface area contributed by atoms with Gasteiger partial charge in [0.1, 0.15) is 11.5 Å². The molecule has 2 rings (SSSR count). The quantitative estimate of drug-likeness (QED) is 0.456. The molecule has 27 heavy (non-hydrogen) atoms. The Morgan fingerprint density at radius 2 is 1.89 bits per heavy atom. The van der Waals surface area contributed by atoms with Crippen LogP contribution in [-0.4, -0.2) is 29.4 Å². The number of hydrogen-bond donors (Lipinski definition) is 2. The number of ether oxygens (including phenoxy) is 1. The van der Waals surface area contributed by atoms with Crippen molar-refractivity contribution in [3.8, 4) is 11.5 Å². The third-order valence-electron chi connectivity index (χ3n) is 4.36. The van der Waals surface area contributed by atoms with E-state index < -0.39 is 17.8 Å². The summed E-state index contributed by atoms with van der Waals surface area (Å²) < 4.78 is 5.32. The normalized spacial score (nSPS) is 11.4. The number of carbonyl (C=O) groups excluding carboxylic acids is 1. The van der Waals surface area contributed by atoms with Crippen LogP contribution in [0.3, 0.4) is 0 Å². The van der Waals surface area contributed by atoms with Crippen molar-refractivity contribution in [1.82, 2.24) is 0 Å². The molecular formula is C21H23NaO5. The van der Waals surface area contributed by atoms with E-state index in [9.17, 15) is 20.1 Å². The predicted molar refractivity (Wildman–Crippen MR) is 97.4 cm³/mol. The summed E-state index contributed by atoms with van der Waals surface area (Å²) in [4.78, 5) is 11.6. The molecule has 0 saturated carbocycles. The summed E-state index contributed by atoms with van der Waals surface area (Å²) >= 11 is 0. The standard InChI is InChI=1S/C21H24O5.Na/c1-13(2)17(22)12-16-18(26-3)11-15(19(20(16)23)21(24)25)10-9-14-7-5-4-6-8-14;/h4-8,11,17,22-23H,1,9-10,12H2,2-3H3,(H,24,25);/q;+1/p-1. The third-order valence-corrected chi connectivity index (χ3v) is 4.36. The number of benzene rings is 2. The van der Waals surface area contributed by atoms with E-state index in [4.69, 9.17) is 4.74 Å². The van der Waals surface area contributed by atoms with Crippen molar-refractivity contribution in [3.05, 3.63) is 70.8 Å². The summed E-state index contributed by atoms with van der Waals surface area (Å²) in [7, 11) is 1.44. The number of aromatic carboxylic acids is 1. The van der Waals surface area contributed by atoms with E-state index in [1.54, 1.807) is 13.0 Å². The van der Waals surface area contributed by atoms with Crippen molar-refractivity contribution >= 4 is 5.97 Å². The second kappa shape index (κ2) is 10.5. The minimum atomic E-state index is -1.46. The number of phenols is 1. The molecule has 2 aromatic rings. The summed E-state index contributed by atoms with van der Waals surface area (Å²) in [6.07, 6.45) is 0.0984. The number of hydrogen-bond acceptors (Lipinski definition) is 5. The van der Waals surface area contributed by atoms with E-state index in [2.05, 4.69) is 6.58 Å². The van der Waals surface area contributed by atoms with Crippen molar-refractivity contribution in [2.24, 2.45) is 0 Å². The van der Waals surface area contributed by atoms with Crippen LogP contribution < -0.4 is 39.4 Å². The molecule has 1 unspecified atom stereocenters. The maximum absolute atomic E-state index is 11.6. The first kappa shape index (κ1) is 23.2. The van der Waals surface area contributed by atoms with Crippen molar-refractivity contribution in [2.45, 2.75) is 32.3 Å². The number of rotatable bonds is 8. The van der Waals surface area contributed by atoms with Crippen LogP contribution in [0.1, 0.15) is 34.0 Å². The smallest absolute Gasteiger partial charge is 0.545 e. The Balaban J connectivity index is 0.00000364. The van der Waals surface area contributed by atoms with Gasteiger partial charge in [-0.05, 0) is 37.0 Å². The Bertz CT molecular complexity index is 802. The Hall–Kier alpha value is -1.79. The van der Waals surface area contributed by atoms with Crippen LogP contribution >= 0.6 is 0 Å². The van der Waals surface area contributed by atoms with Crippen LogP contribution in [-0.2, 0) is 19.3 Å². The van der Waals surface area contributed by atoms with Gasteiger partial charge in [-0.2, -0.15) is 0 Å². The van der Waals surface area contributed by atoms with Crippen LogP contribution in [0.2, 0.25) is 0 Å². The average molecular weight is 378 g/mol. The maximum Gasteiger partial charge on any atom is 1.00 e. The zero-order valence-corrected chi connectivity index (χ0v) is 18.0. The number of carboxylic acids is 1. The second-order valence-corrected chi connectivity index (χ2v) is 6.28. The molecule has 5 nitrogen and oxygen atoms in total. The maximum atomic E-state index is 11.6. The van der Waals surface area contributed by atoms with Crippen molar-refractivity contribution in [2.75, 3.05) is 7.11 Å². The average Bonchev–Trinajstić information content (AvgIpc) is 2.61. The van der Waals surface area contributed by atoms with E-state index in [0.717, 1.165) is 5.56 Å². The van der Waals surface area contributed by atoms with E-state index in [0.29, 0.717) is 29.7 Å². The number of aromatic hydroxyl groups is 1. The van der Waals surface area contributed by atoms with Gasteiger partial charge in [-0.1, -0.05) is 42.5 Å². The topological polar surface area (TPSA) is 89.8 Å². The molecule has 1 atom stereocenters. The molecule has 6 heteroatoms. The van der Waals surface area contributed by atoms with Crippen LogP contribution in [0.4, 0.5) is 0 Å². The van der Waals surface area contributed by atoms with E-state index >= 15 is 0 Å². The van der Waals surface area contributed by atoms with Gasteiger partial charge in [-0.25, -0.2) is 0 Å². The predicted octanol–water partition coefficient (Wildman–Crippen LogP) is -0.967. The van der Waals surface area contributed by atoms with Crippen molar-refractivity contribution in [3.63, 3.8) is 0 Å². The molecule has 0 aromatic heterocycles. The molecule has 0 aliphatic rings. The number of aliphatic hydroxyl groups is 1. The van der Waals surface area contributed by atoms with Gasteiger partial charge in [0.2, 0.25) is 0 Å². The minimum Gasteiger partial charge on any atom is -0.545 e. The number of aryl methyl sites for hydroxylation is 2. The molecule has 138 valence electrons. The van der Waals surface area contributed by atoms with Gasteiger partial charge >= 0.3 is 29.6 Å². The molecular weight excluding hydrogens is 355 g/mol. The number of aliphatic hydroxyl groups excluding tert-OH is 1. The summed E-state index contributed by atoms with van der Waals surface area (Å²) in [5.41, 5.74) is 1.96. The molecule has 0 bridgehead atoms. The first-order valence-corrected chi connectivity index (χ1v) is 8.35. The van der Waals surface area contributed by atoms with Crippen molar-refractivity contribution in [1.29, 1.82) is 0 Å². The fourth-order valence-corrected chi connectivity index (χ4v) is 2.83. The Morgan fingerprint density at radius 3 is 2.41 bits per heavy atom. The molecule has 0 aliphatic carbocycles. The second-order valence-electron chi connectivity index (χ2n) is 6.28. The zero-order chi connectivity index (χ0) is 19.3. The Labute approximate surface area is 181 Å². The molecule has 0 radical (unpaired) electrons. The monoisotopic (exact) mass is 378 g/mol. The van der Waals surface area contributed by atoms with Crippen LogP contribution in [0.15, 0.2) is 48.6 Å². The number of methoxy groups -OCH3 is 1. The van der Waals surface area contributed by atoms with Gasteiger partial charge in [-0.3, -0.25) is 0 Å². The minimum absolute atomic E-state index is 0. The third kappa shape index (κ3) is 5.84. The number of carbonyl (C=O) groups is 1. The summed E-state index contributed by atoms with van der Waals surface area (Å²) in [5.74, 6) is -1.55. The van der Waals surface area contributed by atoms with Crippen molar-refractivity contribution < 1.29 is 54.4 Å². The van der Waals surface area contributed by atoms with Gasteiger partial charge in [0.15, 0.2) is 0 Å². The van der Waals surface area contributed by atoms with Crippen LogP contribution in [0.25, 0.3) is 0 Å². The summed E-state index contributed by atoms with van der Waals surface area (Å²) in [5, 5.41) is 32.2. The van der Waals surface area contributed by atoms with E-state index in [1.807, 2.05) is 30.3 Å². The Morgan fingerprint density at radius 1 is 1.26 bits per heavy atom. The van der Waals surface area contributed by atoms with E-state index in [1.165, 1.54) is 7.11 Å². The largest absolute Gasteiger partial charge is 1.00 e. The SMILES string of the molecule is C=C(C)C(O)Cc1c(OC)cc(CCc2ccccc2)c(C(=O)[O-])c1O.[Na+]. The summed E-state index contributed by atoms with van der Waals surface area (Å²) in [6.45, 7) is 5.33. The van der Waals surface area contributed by atoms with E-state index in [-0.39, 0.29) is 47.1 Å². The molecule has 0 heterocycles. The van der Waals surface area contributed by atoms with Gasteiger partial charge < -0.3 is 24.9 Å². The zero-order valence-electron chi connectivity index (χ0n) is 16.0. The molecule has 0 saturated heterocycles. The van der Waals surface area contributed by atoms with Crippen LogP contribution in [0.5, 0.6) is 11.5 Å². The molecule has 0 amide bonds. The summed E-state index contributed by atoms with van der Waals surface area (Å²) in [6, 6.07) is 11.2.